The summed E-state index contributed by atoms with van der Waals surface area (Å²) in [5.74, 6) is -2.32. The number of aliphatic hydroxyl groups is 2. The Labute approximate surface area is 114 Å². The third-order valence-electron chi connectivity index (χ3n) is 2.32. The van der Waals surface area contributed by atoms with E-state index in [0.717, 1.165) is 0 Å². The van der Waals surface area contributed by atoms with Gasteiger partial charge in [-0.3, -0.25) is 4.52 Å². The first kappa shape index (κ1) is 16.9. The molecule has 0 saturated carbocycles. The van der Waals surface area contributed by atoms with Crippen molar-refractivity contribution in [2.24, 2.45) is 5.73 Å². The molecule has 1 heterocycles. The first-order valence-corrected chi connectivity index (χ1v) is 7.15. The van der Waals surface area contributed by atoms with Gasteiger partial charge in [0.25, 0.3) is 0 Å². The van der Waals surface area contributed by atoms with E-state index in [-0.39, 0.29) is 12.4 Å². The van der Waals surface area contributed by atoms with Crippen molar-refractivity contribution < 1.29 is 43.4 Å². The standard InChI is InChI=1S/C9H16NO9P/c10-2-1-3-17-8-6(12)9(13)18-7(8)5(4-11)19-20(14,15)16/h5,7,11-12H,1-4,10H2,(H2,14,15,16)/t5-,7+/m0/s1. The molecule has 0 spiro atoms. The number of hydrogen-bond donors (Lipinski definition) is 5. The lowest BCUT2D eigenvalue weighted by molar-refractivity contribution is -0.147. The van der Waals surface area contributed by atoms with Gasteiger partial charge < -0.3 is 35.2 Å². The normalized spacial score (nSPS) is 21.0. The van der Waals surface area contributed by atoms with Gasteiger partial charge in [-0.2, -0.15) is 0 Å². The van der Waals surface area contributed by atoms with Crippen LogP contribution in [0.1, 0.15) is 6.42 Å². The Morgan fingerprint density at radius 2 is 2.10 bits per heavy atom. The first-order valence-electron chi connectivity index (χ1n) is 5.62. The SMILES string of the molecule is NCCCOC1=C(O)C(=O)O[C@@H]1[C@H](CO)OP(=O)(O)O. The molecule has 0 aromatic rings. The Morgan fingerprint density at radius 1 is 1.45 bits per heavy atom. The molecule has 2 atom stereocenters. The second kappa shape index (κ2) is 7.02. The largest absolute Gasteiger partial charge is 0.499 e. The maximum atomic E-state index is 11.2. The minimum absolute atomic E-state index is 0.0527. The zero-order valence-electron chi connectivity index (χ0n) is 10.3. The molecular weight excluding hydrogens is 297 g/mol. The van der Waals surface area contributed by atoms with Crippen LogP contribution in [0.25, 0.3) is 0 Å². The number of carbonyl (C=O) groups is 1. The van der Waals surface area contributed by atoms with Crippen molar-refractivity contribution >= 4 is 13.8 Å². The second-order valence-corrected chi connectivity index (χ2v) is 5.04. The first-order chi connectivity index (χ1) is 9.30. The lowest BCUT2D eigenvalue weighted by Crippen LogP contribution is -2.34. The van der Waals surface area contributed by atoms with Crippen LogP contribution >= 0.6 is 7.82 Å². The lowest BCUT2D eigenvalue weighted by atomic mass is 10.2. The molecular formula is C9H16NO9P. The number of cyclic esters (lactones) is 1. The highest BCUT2D eigenvalue weighted by atomic mass is 31.2. The molecule has 11 heteroatoms. The van der Waals surface area contributed by atoms with Gasteiger partial charge in [-0.05, 0) is 13.0 Å². The number of phosphoric acid groups is 1. The van der Waals surface area contributed by atoms with Crippen molar-refractivity contribution in [2.75, 3.05) is 19.8 Å². The van der Waals surface area contributed by atoms with E-state index < -0.39 is 38.4 Å². The zero-order chi connectivity index (χ0) is 15.3. The lowest BCUT2D eigenvalue weighted by Gasteiger charge is -2.23. The minimum Gasteiger partial charge on any atom is -0.499 e. The average molecular weight is 313 g/mol. The number of rotatable bonds is 8. The van der Waals surface area contributed by atoms with E-state index in [2.05, 4.69) is 9.26 Å². The molecule has 0 bridgehead atoms. The summed E-state index contributed by atoms with van der Waals surface area (Å²) in [6, 6.07) is 0. The number of nitrogens with two attached hydrogens (primary N) is 1. The molecule has 10 nitrogen and oxygen atoms in total. The second-order valence-electron chi connectivity index (χ2n) is 3.85. The van der Waals surface area contributed by atoms with Crippen LogP contribution in [-0.4, -0.2) is 57.9 Å². The summed E-state index contributed by atoms with van der Waals surface area (Å²) in [6.07, 6.45) is -2.60. The molecule has 6 N–H and O–H groups in total. The highest BCUT2D eigenvalue weighted by molar-refractivity contribution is 7.46. The Balaban J connectivity index is 2.85. The maximum absolute atomic E-state index is 11.2. The molecule has 1 aliphatic rings. The predicted octanol–water partition coefficient (Wildman–Crippen LogP) is -1.48. The highest BCUT2D eigenvalue weighted by Gasteiger charge is 2.43. The van der Waals surface area contributed by atoms with Gasteiger partial charge in [0, 0.05) is 0 Å². The highest BCUT2D eigenvalue weighted by Crippen LogP contribution is 2.40. The fourth-order valence-electron chi connectivity index (χ4n) is 1.48. The van der Waals surface area contributed by atoms with Gasteiger partial charge in [0.05, 0.1) is 13.2 Å². The number of aliphatic hydroxyl groups excluding tert-OH is 2. The van der Waals surface area contributed by atoms with Gasteiger partial charge in [-0.25, -0.2) is 9.36 Å². The summed E-state index contributed by atoms with van der Waals surface area (Å²) in [7, 11) is -4.92. The topological polar surface area (TPSA) is 169 Å². The Bertz CT molecular complexity index is 431. The van der Waals surface area contributed by atoms with E-state index in [4.69, 9.17) is 25.4 Å². The van der Waals surface area contributed by atoms with Crippen molar-refractivity contribution in [3.05, 3.63) is 11.5 Å². The molecule has 0 aromatic heterocycles. The molecule has 0 aromatic carbocycles. The molecule has 116 valence electrons. The zero-order valence-corrected chi connectivity index (χ0v) is 11.2. The van der Waals surface area contributed by atoms with Gasteiger partial charge in [0.1, 0.15) is 6.10 Å². The quantitative estimate of drug-likeness (QED) is 0.202. The van der Waals surface area contributed by atoms with Crippen LogP contribution < -0.4 is 5.73 Å². The molecule has 1 aliphatic heterocycles. The van der Waals surface area contributed by atoms with Crippen LogP contribution in [0, 0.1) is 0 Å². The number of phosphoric ester groups is 1. The van der Waals surface area contributed by atoms with Crippen molar-refractivity contribution in [3.8, 4) is 0 Å². The van der Waals surface area contributed by atoms with E-state index in [1.54, 1.807) is 0 Å². The van der Waals surface area contributed by atoms with Crippen LogP contribution in [0.2, 0.25) is 0 Å². The molecule has 0 saturated heterocycles. The molecule has 0 fully saturated rings. The molecule has 0 amide bonds. The number of carbonyl (C=O) groups excluding carboxylic acids is 1. The Kier molecular flexibility index (Phi) is 5.93. The van der Waals surface area contributed by atoms with Crippen LogP contribution in [0.15, 0.2) is 11.5 Å². The third kappa shape index (κ3) is 4.44. The Hall–Kier alpha value is -1.16. The fraction of sp³-hybridized carbons (Fsp3) is 0.667. The molecule has 0 aliphatic carbocycles. The van der Waals surface area contributed by atoms with E-state index in [1.807, 2.05) is 0 Å². The maximum Gasteiger partial charge on any atom is 0.470 e. The summed E-state index contributed by atoms with van der Waals surface area (Å²) in [6.45, 7) is -0.507. The smallest absolute Gasteiger partial charge is 0.470 e. The third-order valence-corrected chi connectivity index (χ3v) is 2.86. The van der Waals surface area contributed by atoms with Gasteiger partial charge in [-0.15, -0.1) is 0 Å². The molecule has 0 unspecified atom stereocenters. The summed E-state index contributed by atoms with van der Waals surface area (Å²) in [4.78, 5) is 28.7. The minimum atomic E-state index is -4.92. The van der Waals surface area contributed by atoms with Gasteiger partial charge in [0.15, 0.2) is 11.9 Å². The van der Waals surface area contributed by atoms with Crippen LogP contribution in [0.3, 0.4) is 0 Å². The van der Waals surface area contributed by atoms with Gasteiger partial charge in [0.2, 0.25) is 5.76 Å². The van der Waals surface area contributed by atoms with Crippen molar-refractivity contribution in [1.29, 1.82) is 0 Å². The summed E-state index contributed by atoms with van der Waals surface area (Å²) in [5, 5.41) is 18.6. The van der Waals surface area contributed by atoms with Crippen LogP contribution in [0.5, 0.6) is 0 Å². The number of hydrogen-bond acceptors (Lipinski definition) is 8. The fourth-order valence-corrected chi connectivity index (χ4v) is 2.01. The Morgan fingerprint density at radius 3 is 2.60 bits per heavy atom. The van der Waals surface area contributed by atoms with E-state index >= 15 is 0 Å². The van der Waals surface area contributed by atoms with Gasteiger partial charge >= 0.3 is 13.8 Å². The van der Waals surface area contributed by atoms with Crippen molar-refractivity contribution in [3.63, 3.8) is 0 Å². The van der Waals surface area contributed by atoms with E-state index in [9.17, 15) is 14.5 Å². The van der Waals surface area contributed by atoms with Crippen molar-refractivity contribution in [2.45, 2.75) is 18.6 Å². The molecule has 0 radical (unpaired) electrons. The van der Waals surface area contributed by atoms with Crippen LogP contribution in [-0.2, 0) is 23.4 Å². The molecule has 20 heavy (non-hydrogen) atoms. The number of ether oxygens (including phenoxy) is 2. The van der Waals surface area contributed by atoms with E-state index in [1.165, 1.54) is 0 Å². The average Bonchev–Trinajstić information content (AvgIpc) is 2.63. The summed E-state index contributed by atoms with van der Waals surface area (Å²) in [5.41, 5.74) is 5.25. The molecule has 1 rings (SSSR count). The van der Waals surface area contributed by atoms with Crippen LogP contribution in [0.4, 0.5) is 0 Å². The summed E-state index contributed by atoms with van der Waals surface area (Å²) >= 11 is 0. The number of esters is 1. The monoisotopic (exact) mass is 313 g/mol. The summed E-state index contributed by atoms with van der Waals surface area (Å²) < 4.78 is 24.8. The van der Waals surface area contributed by atoms with E-state index in [0.29, 0.717) is 13.0 Å². The van der Waals surface area contributed by atoms with Crippen molar-refractivity contribution in [1.82, 2.24) is 0 Å². The predicted molar refractivity (Wildman–Crippen MR) is 63.2 cm³/mol. The van der Waals surface area contributed by atoms with Gasteiger partial charge in [-0.1, -0.05) is 0 Å².